The Hall–Kier alpha value is -2.95. The maximum absolute atomic E-state index is 12.5. The molecule has 0 fully saturated rings. The van der Waals surface area contributed by atoms with Gasteiger partial charge in [-0.15, -0.1) is 0 Å². The molecule has 1 aromatic heterocycles. The van der Waals surface area contributed by atoms with Crippen molar-refractivity contribution in [1.29, 1.82) is 0 Å². The van der Waals surface area contributed by atoms with Crippen molar-refractivity contribution >= 4 is 0 Å². The van der Waals surface area contributed by atoms with Crippen LogP contribution in [0.1, 0.15) is 23.6 Å². The summed E-state index contributed by atoms with van der Waals surface area (Å²) in [6.07, 6.45) is 2.80. The van der Waals surface area contributed by atoms with Gasteiger partial charge < -0.3 is 4.74 Å². The van der Waals surface area contributed by atoms with E-state index in [9.17, 15) is 8.78 Å². The van der Waals surface area contributed by atoms with Crippen LogP contribution in [0, 0.1) is 0 Å². The van der Waals surface area contributed by atoms with Crippen molar-refractivity contribution in [3.63, 3.8) is 0 Å². The third-order valence-electron chi connectivity index (χ3n) is 3.83. The van der Waals surface area contributed by atoms with Crippen molar-refractivity contribution in [2.75, 3.05) is 0 Å². The highest BCUT2D eigenvalue weighted by Crippen LogP contribution is 2.26. The number of rotatable bonds is 7. The molecule has 1 heterocycles. The summed E-state index contributed by atoms with van der Waals surface area (Å²) >= 11 is 0. The van der Waals surface area contributed by atoms with E-state index >= 15 is 0 Å². The van der Waals surface area contributed by atoms with Gasteiger partial charge in [0.25, 0.3) is 6.08 Å². The Bertz CT molecular complexity index is 813. The number of allylic oxidation sites excluding steroid dienone is 1. The van der Waals surface area contributed by atoms with Gasteiger partial charge in [-0.3, -0.25) is 4.68 Å². The molecule has 0 radical (unpaired) electrons. The third kappa shape index (κ3) is 4.76. The van der Waals surface area contributed by atoms with Gasteiger partial charge in [0.1, 0.15) is 12.4 Å². The second-order valence-corrected chi connectivity index (χ2v) is 5.58. The molecule has 0 saturated heterocycles. The van der Waals surface area contributed by atoms with E-state index in [0.717, 1.165) is 17.2 Å². The molecule has 0 N–H and O–H groups in total. The molecule has 0 bridgehead atoms. The fraction of sp³-hybridized carbons (Fsp3) is 0.150. The molecule has 0 saturated carbocycles. The van der Waals surface area contributed by atoms with E-state index in [-0.39, 0.29) is 12.5 Å². The fourth-order valence-corrected chi connectivity index (χ4v) is 2.62. The van der Waals surface area contributed by atoms with Crippen molar-refractivity contribution in [1.82, 2.24) is 9.78 Å². The minimum atomic E-state index is -1.69. The van der Waals surface area contributed by atoms with Gasteiger partial charge in [-0.05, 0) is 41.8 Å². The molecule has 1 atom stereocenters. The summed E-state index contributed by atoms with van der Waals surface area (Å²) in [4.78, 5) is 0. The first kappa shape index (κ1) is 16.9. The summed E-state index contributed by atoms with van der Waals surface area (Å²) in [5, 5.41) is 4.20. The van der Waals surface area contributed by atoms with Gasteiger partial charge in [0.05, 0.1) is 6.04 Å². The Labute approximate surface area is 145 Å². The minimum absolute atomic E-state index is 0.159. The lowest BCUT2D eigenvalue weighted by Crippen LogP contribution is -2.11. The van der Waals surface area contributed by atoms with Crippen molar-refractivity contribution in [2.24, 2.45) is 0 Å². The minimum Gasteiger partial charge on any atom is -0.489 e. The summed E-state index contributed by atoms with van der Waals surface area (Å²) in [6, 6.07) is 18.8. The predicted octanol–water partition coefficient (Wildman–Crippen LogP) is 5.22. The van der Waals surface area contributed by atoms with E-state index in [4.69, 9.17) is 4.74 Å². The van der Waals surface area contributed by atoms with E-state index in [1.165, 1.54) is 0 Å². The number of nitrogens with zero attached hydrogens (tertiary/aromatic N) is 2. The summed E-state index contributed by atoms with van der Waals surface area (Å²) in [5.74, 6) is 0.697. The maximum Gasteiger partial charge on any atom is 0.266 e. The zero-order valence-electron chi connectivity index (χ0n) is 13.6. The average molecular weight is 340 g/mol. The number of hydrogen-bond donors (Lipinski definition) is 0. The first-order chi connectivity index (χ1) is 12.2. The fourth-order valence-electron chi connectivity index (χ4n) is 2.62. The lowest BCUT2D eigenvalue weighted by molar-refractivity contribution is 0.305. The highest BCUT2D eigenvalue weighted by atomic mass is 19.3. The maximum atomic E-state index is 12.5. The molecule has 0 aliphatic heterocycles. The van der Waals surface area contributed by atoms with Gasteiger partial charge >= 0.3 is 0 Å². The van der Waals surface area contributed by atoms with E-state index < -0.39 is 6.08 Å². The molecule has 128 valence electrons. The van der Waals surface area contributed by atoms with Crippen LogP contribution in [0.2, 0.25) is 0 Å². The van der Waals surface area contributed by atoms with E-state index in [2.05, 4.69) is 5.10 Å². The van der Waals surface area contributed by atoms with Crippen molar-refractivity contribution < 1.29 is 13.5 Å². The number of benzene rings is 2. The van der Waals surface area contributed by atoms with Gasteiger partial charge in [0.15, 0.2) is 0 Å². The molecule has 0 aliphatic rings. The number of hydrogen-bond acceptors (Lipinski definition) is 2. The molecular formula is C20H18F2N2O. The van der Waals surface area contributed by atoms with Crippen molar-refractivity contribution in [3.05, 3.63) is 96.3 Å². The lowest BCUT2D eigenvalue weighted by Gasteiger charge is -2.17. The first-order valence-electron chi connectivity index (χ1n) is 7.99. The smallest absolute Gasteiger partial charge is 0.266 e. The molecule has 3 aromatic rings. The van der Waals surface area contributed by atoms with Crippen molar-refractivity contribution in [2.45, 2.75) is 19.1 Å². The van der Waals surface area contributed by atoms with Crippen LogP contribution >= 0.6 is 0 Å². The van der Waals surface area contributed by atoms with Gasteiger partial charge in [-0.25, -0.2) is 0 Å². The molecular weight excluding hydrogens is 322 g/mol. The number of ether oxygens (including phenoxy) is 1. The lowest BCUT2D eigenvalue weighted by atomic mass is 10.0. The van der Waals surface area contributed by atoms with E-state index in [0.29, 0.717) is 12.4 Å². The number of halogens is 2. The standard InChI is InChI=1S/C20H18F2N2O/c21-20(22)11-10-19(24-13-5-12-23-24)17-8-4-9-18(14-17)25-15-16-6-2-1-3-7-16/h1-9,11-14,19H,10,15H2. The Morgan fingerprint density at radius 1 is 1.08 bits per heavy atom. The van der Waals surface area contributed by atoms with Gasteiger partial charge in [0.2, 0.25) is 0 Å². The second-order valence-electron chi connectivity index (χ2n) is 5.58. The molecule has 5 heteroatoms. The second kappa shape index (κ2) is 8.24. The largest absolute Gasteiger partial charge is 0.489 e. The molecule has 3 nitrogen and oxygen atoms in total. The van der Waals surface area contributed by atoms with Crippen LogP contribution in [0.5, 0.6) is 5.75 Å². The molecule has 0 spiro atoms. The van der Waals surface area contributed by atoms with E-state index in [1.54, 1.807) is 23.1 Å². The van der Waals surface area contributed by atoms with Crippen LogP contribution in [0.15, 0.2) is 85.2 Å². The van der Waals surface area contributed by atoms with Crippen LogP contribution in [0.4, 0.5) is 8.78 Å². The quantitative estimate of drug-likeness (QED) is 0.589. The third-order valence-corrected chi connectivity index (χ3v) is 3.83. The summed E-state index contributed by atoms with van der Waals surface area (Å²) in [5.41, 5.74) is 1.94. The average Bonchev–Trinajstić information content (AvgIpc) is 3.16. The highest BCUT2D eigenvalue weighted by Gasteiger charge is 2.14. The first-order valence-corrected chi connectivity index (χ1v) is 7.99. The molecule has 2 aromatic carbocycles. The van der Waals surface area contributed by atoms with Crippen LogP contribution < -0.4 is 4.74 Å². The Balaban J connectivity index is 1.78. The Morgan fingerprint density at radius 3 is 2.64 bits per heavy atom. The molecule has 0 amide bonds. The Morgan fingerprint density at radius 2 is 1.92 bits per heavy atom. The monoisotopic (exact) mass is 340 g/mol. The molecule has 0 aliphatic carbocycles. The van der Waals surface area contributed by atoms with Gasteiger partial charge in [0, 0.05) is 12.4 Å². The predicted molar refractivity (Wildman–Crippen MR) is 92.5 cm³/mol. The van der Waals surface area contributed by atoms with Crippen LogP contribution in [0.25, 0.3) is 0 Å². The van der Waals surface area contributed by atoms with Gasteiger partial charge in [-0.2, -0.15) is 13.9 Å². The SMILES string of the molecule is FC(F)=CCC(c1cccc(OCc2ccccc2)c1)n1cccn1. The van der Waals surface area contributed by atoms with Crippen LogP contribution in [-0.4, -0.2) is 9.78 Å². The van der Waals surface area contributed by atoms with E-state index in [1.807, 2.05) is 54.6 Å². The normalized spacial score (nSPS) is 11.8. The summed E-state index contributed by atoms with van der Waals surface area (Å²) < 4.78 is 32.6. The van der Waals surface area contributed by atoms with Gasteiger partial charge in [-0.1, -0.05) is 42.5 Å². The molecule has 3 rings (SSSR count). The topological polar surface area (TPSA) is 27.1 Å². The highest BCUT2D eigenvalue weighted by molar-refractivity contribution is 5.31. The Kier molecular flexibility index (Phi) is 5.57. The summed E-state index contributed by atoms with van der Waals surface area (Å²) in [6.45, 7) is 0.454. The summed E-state index contributed by atoms with van der Waals surface area (Å²) in [7, 11) is 0. The molecule has 1 unspecified atom stereocenters. The van der Waals surface area contributed by atoms with Crippen molar-refractivity contribution in [3.8, 4) is 5.75 Å². The zero-order chi connectivity index (χ0) is 17.5. The zero-order valence-corrected chi connectivity index (χ0v) is 13.6. The van der Waals surface area contributed by atoms with Crippen LogP contribution in [-0.2, 0) is 6.61 Å². The molecule has 25 heavy (non-hydrogen) atoms. The number of aromatic nitrogens is 2. The van der Waals surface area contributed by atoms with Crippen LogP contribution in [0.3, 0.4) is 0 Å².